The lowest BCUT2D eigenvalue weighted by molar-refractivity contribution is 0.0697. The van der Waals surface area contributed by atoms with Crippen molar-refractivity contribution >= 4 is 23.4 Å². The maximum Gasteiger partial charge on any atom is 0.335 e. The molecule has 6 nitrogen and oxygen atoms in total. The van der Waals surface area contributed by atoms with Gasteiger partial charge in [0.15, 0.2) is 0 Å². The first-order chi connectivity index (χ1) is 9.90. The molecule has 1 saturated heterocycles. The van der Waals surface area contributed by atoms with Gasteiger partial charge in [-0.2, -0.15) is 0 Å². The second-order valence-electron chi connectivity index (χ2n) is 5.61. The van der Waals surface area contributed by atoms with Crippen molar-refractivity contribution in [3.63, 3.8) is 0 Å². The normalized spacial score (nSPS) is 18.4. The number of carboxylic acid groups (broad SMARTS) is 1. The number of aromatic carboxylic acids is 1. The van der Waals surface area contributed by atoms with Crippen LogP contribution in [0.15, 0.2) is 18.2 Å². The lowest BCUT2D eigenvalue weighted by atomic mass is 10.0. The molecule has 0 saturated carbocycles. The van der Waals surface area contributed by atoms with Crippen LogP contribution in [-0.4, -0.2) is 42.1 Å². The van der Waals surface area contributed by atoms with Crippen LogP contribution >= 0.6 is 0 Å². The Bertz CT molecular complexity index is 559. The summed E-state index contributed by atoms with van der Waals surface area (Å²) in [5.41, 5.74) is 6.81. The Morgan fingerprint density at radius 2 is 2.14 bits per heavy atom. The quantitative estimate of drug-likeness (QED) is 0.818. The third kappa shape index (κ3) is 3.26. The second kappa shape index (κ2) is 6.03. The predicted molar refractivity (Wildman–Crippen MR) is 81.6 cm³/mol. The first-order valence-corrected chi connectivity index (χ1v) is 7.05. The molecule has 1 unspecified atom stereocenters. The zero-order valence-electron chi connectivity index (χ0n) is 12.4. The first-order valence-electron chi connectivity index (χ1n) is 7.05. The van der Waals surface area contributed by atoms with Gasteiger partial charge in [0.2, 0.25) is 0 Å². The molecule has 2 rings (SSSR count). The van der Waals surface area contributed by atoms with Gasteiger partial charge in [-0.15, -0.1) is 0 Å². The SMILES string of the molecule is CC1CCCN(C(=O)N(C)c2ccc(C(=O)O)cc2N)C1. The molecule has 1 aromatic rings. The Balaban J connectivity index is 2.17. The van der Waals surface area contributed by atoms with Gasteiger partial charge in [0, 0.05) is 20.1 Å². The van der Waals surface area contributed by atoms with E-state index < -0.39 is 5.97 Å². The molecule has 1 atom stereocenters. The first kappa shape index (κ1) is 15.2. The van der Waals surface area contributed by atoms with Gasteiger partial charge < -0.3 is 15.7 Å². The summed E-state index contributed by atoms with van der Waals surface area (Å²) in [6, 6.07) is 4.30. The predicted octanol–water partition coefficient (Wildman–Crippen LogP) is 2.26. The molecule has 0 spiro atoms. The van der Waals surface area contributed by atoms with Crippen LogP contribution in [0.1, 0.15) is 30.1 Å². The average Bonchev–Trinajstić information content (AvgIpc) is 2.45. The number of hydrogen-bond donors (Lipinski definition) is 2. The van der Waals surface area contributed by atoms with E-state index in [0.717, 1.165) is 25.9 Å². The third-order valence-electron chi connectivity index (χ3n) is 3.85. The highest BCUT2D eigenvalue weighted by atomic mass is 16.4. The second-order valence-corrected chi connectivity index (χ2v) is 5.61. The molecule has 1 aliphatic rings. The highest BCUT2D eigenvalue weighted by molar-refractivity contribution is 5.97. The van der Waals surface area contributed by atoms with Gasteiger partial charge in [-0.25, -0.2) is 9.59 Å². The van der Waals surface area contributed by atoms with Crippen LogP contribution < -0.4 is 10.6 Å². The monoisotopic (exact) mass is 291 g/mol. The minimum atomic E-state index is -1.04. The largest absolute Gasteiger partial charge is 0.478 e. The number of hydrogen-bond acceptors (Lipinski definition) is 3. The number of carboxylic acids is 1. The van der Waals surface area contributed by atoms with Crippen LogP contribution in [0.2, 0.25) is 0 Å². The van der Waals surface area contributed by atoms with Gasteiger partial charge in [0.25, 0.3) is 0 Å². The Kier molecular flexibility index (Phi) is 4.35. The minimum Gasteiger partial charge on any atom is -0.478 e. The van der Waals surface area contributed by atoms with Gasteiger partial charge >= 0.3 is 12.0 Å². The summed E-state index contributed by atoms with van der Waals surface area (Å²) in [6.45, 7) is 3.63. The molecule has 1 fully saturated rings. The van der Waals surface area contributed by atoms with Crippen molar-refractivity contribution in [2.24, 2.45) is 5.92 Å². The van der Waals surface area contributed by atoms with E-state index in [4.69, 9.17) is 10.8 Å². The molecule has 21 heavy (non-hydrogen) atoms. The Hall–Kier alpha value is -2.24. The van der Waals surface area contributed by atoms with Gasteiger partial charge in [-0.1, -0.05) is 6.92 Å². The van der Waals surface area contributed by atoms with E-state index in [9.17, 15) is 9.59 Å². The molecule has 6 heteroatoms. The number of rotatable bonds is 2. The van der Waals surface area contributed by atoms with Crippen LogP contribution in [0.4, 0.5) is 16.2 Å². The van der Waals surface area contributed by atoms with Crippen molar-refractivity contribution in [3.8, 4) is 0 Å². The van der Waals surface area contributed by atoms with Crippen molar-refractivity contribution in [1.82, 2.24) is 4.90 Å². The lowest BCUT2D eigenvalue weighted by Gasteiger charge is -2.34. The fraction of sp³-hybridized carbons (Fsp3) is 0.467. The van der Waals surface area contributed by atoms with Crippen LogP contribution in [0.5, 0.6) is 0 Å². The number of carbonyl (C=O) groups is 2. The molecule has 0 radical (unpaired) electrons. The van der Waals surface area contributed by atoms with Crippen LogP contribution in [-0.2, 0) is 0 Å². The van der Waals surface area contributed by atoms with E-state index in [1.54, 1.807) is 13.1 Å². The van der Waals surface area contributed by atoms with Gasteiger partial charge in [0.1, 0.15) is 0 Å². The Morgan fingerprint density at radius 1 is 1.43 bits per heavy atom. The standard InChI is InChI=1S/C15H21N3O3/c1-10-4-3-7-18(9-10)15(21)17(2)13-6-5-11(14(19)20)8-12(13)16/h5-6,8,10H,3-4,7,9,16H2,1-2H3,(H,19,20). The Morgan fingerprint density at radius 3 is 2.71 bits per heavy atom. The smallest absolute Gasteiger partial charge is 0.335 e. The van der Waals surface area contributed by atoms with Crippen molar-refractivity contribution < 1.29 is 14.7 Å². The molecular formula is C15H21N3O3. The molecule has 1 heterocycles. The number of benzene rings is 1. The number of likely N-dealkylation sites (tertiary alicyclic amines) is 1. The van der Waals surface area contributed by atoms with Gasteiger partial charge in [0.05, 0.1) is 16.9 Å². The highest BCUT2D eigenvalue weighted by Gasteiger charge is 2.25. The zero-order chi connectivity index (χ0) is 15.6. The van der Waals surface area contributed by atoms with Crippen molar-refractivity contribution in [1.29, 1.82) is 0 Å². The van der Waals surface area contributed by atoms with Crippen LogP contribution in [0.3, 0.4) is 0 Å². The number of carbonyl (C=O) groups excluding carboxylic acids is 1. The average molecular weight is 291 g/mol. The van der Waals surface area contributed by atoms with E-state index in [1.807, 2.05) is 4.90 Å². The fourth-order valence-corrected chi connectivity index (χ4v) is 2.67. The van der Waals surface area contributed by atoms with E-state index in [1.165, 1.54) is 17.0 Å². The van der Waals surface area contributed by atoms with E-state index in [-0.39, 0.29) is 17.3 Å². The minimum absolute atomic E-state index is 0.101. The van der Waals surface area contributed by atoms with E-state index in [2.05, 4.69) is 6.92 Å². The number of amides is 2. The summed E-state index contributed by atoms with van der Waals surface area (Å²) in [7, 11) is 1.66. The van der Waals surface area contributed by atoms with Crippen LogP contribution in [0, 0.1) is 5.92 Å². The van der Waals surface area contributed by atoms with E-state index >= 15 is 0 Å². The van der Waals surface area contributed by atoms with Gasteiger partial charge in [-0.05, 0) is 37.0 Å². The molecule has 0 bridgehead atoms. The number of nitrogens with zero attached hydrogens (tertiary/aromatic N) is 2. The van der Waals surface area contributed by atoms with Crippen molar-refractivity contribution in [3.05, 3.63) is 23.8 Å². The van der Waals surface area contributed by atoms with Gasteiger partial charge in [-0.3, -0.25) is 4.90 Å². The summed E-state index contributed by atoms with van der Waals surface area (Å²) < 4.78 is 0. The molecular weight excluding hydrogens is 270 g/mol. The number of anilines is 2. The summed E-state index contributed by atoms with van der Waals surface area (Å²) in [4.78, 5) is 26.7. The number of nitrogens with two attached hydrogens (primary N) is 1. The summed E-state index contributed by atoms with van der Waals surface area (Å²) in [6.07, 6.45) is 2.15. The van der Waals surface area contributed by atoms with Crippen molar-refractivity contribution in [2.75, 3.05) is 30.8 Å². The maximum atomic E-state index is 12.5. The summed E-state index contributed by atoms with van der Waals surface area (Å²) >= 11 is 0. The third-order valence-corrected chi connectivity index (χ3v) is 3.85. The number of urea groups is 1. The molecule has 3 N–H and O–H groups in total. The highest BCUT2D eigenvalue weighted by Crippen LogP contribution is 2.25. The van der Waals surface area contributed by atoms with Crippen molar-refractivity contribution in [2.45, 2.75) is 19.8 Å². The number of piperidine rings is 1. The fourth-order valence-electron chi connectivity index (χ4n) is 2.67. The van der Waals surface area contributed by atoms with E-state index in [0.29, 0.717) is 11.6 Å². The molecule has 1 aliphatic heterocycles. The van der Waals surface area contributed by atoms with Crippen LogP contribution in [0.25, 0.3) is 0 Å². The lowest BCUT2D eigenvalue weighted by Crippen LogP contribution is -2.46. The molecule has 2 amide bonds. The maximum absolute atomic E-state index is 12.5. The zero-order valence-corrected chi connectivity index (χ0v) is 12.4. The summed E-state index contributed by atoms with van der Waals surface area (Å²) in [5.74, 6) is -0.532. The Labute approximate surface area is 124 Å². The number of nitrogen functional groups attached to an aromatic ring is 1. The molecule has 0 aliphatic carbocycles. The summed E-state index contributed by atoms with van der Waals surface area (Å²) in [5, 5.41) is 8.94. The topological polar surface area (TPSA) is 86.9 Å². The molecule has 114 valence electrons. The molecule has 1 aromatic carbocycles. The molecule has 0 aromatic heterocycles.